The fraction of sp³-hybridized carbons (Fsp3) is 0.556. The van der Waals surface area contributed by atoms with Crippen LogP contribution in [0.1, 0.15) is 49.4 Å². The van der Waals surface area contributed by atoms with Crippen LogP contribution in [0.5, 0.6) is 0 Å². The van der Waals surface area contributed by atoms with Crippen LogP contribution in [-0.2, 0) is 9.53 Å². The Morgan fingerprint density at radius 1 is 1.18 bits per heavy atom. The van der Waals surface area contributed by atoms with Crippen molar-refractivity contribution >= 4 is 11.9 Å². The van der Waals surface area contributed by atoms with Crippen LogP contribution in [0.3, 0.4) is 0 Å². The summed E-state index contributed by atoms with van der Waals surface area (Å²) in [5, 5.41) is 0. The molecule has 0 saturated heterocycles. The summed E-state index contributed by atoms with van der Waals surface area (Å²) in [6, 6.07) is 9.53. The number of amides is 1. The summed E-state index contributed by atoms with van der Waals surface area (Å²) in [7, 11) is 1.38. The van der Waals surface area contributed by atoms with Crippen LogP contribution in [0.15, 0.2) is 30.3 Å². The van der Waals surface area contributed by atoms with E-state index in [-0.39, 0.29) is 24.3 Å². The van der Waals surface area contributed by atoms with Crippen LogP contribution in [-0.4, -0.2) is 36.5 Å². The molecular weight excluding hydrogens is 278 g/mol. The molecule has 120 valence electrons. The highest BCUT2D eigenvalue weighted by atomic mass is 16.5. The molecule has 2 unspecified atom stereocenters. The van der Waals surface area contributed by atoms with Gasteiger partial charge in [0.15, 0.2) is 0 Å². The monoisotopic (exact) mass is 303 g/mol. The molecule has 1 aromatic rings. The smallest absolute Gasteiger partial charge is 0.307 e. The summed E-state index contributed by atoms with van der Waals surface area (Å²) in [5.41, 5.74) is 0.685. The summed E-state index contributed by atoms with van der Waals surface area (Å²) in [5.74, 6) is 0.219. The van der Waals surface area contributed by atoms with E-state index in [2.05, 4.69) is 6.92 Å². The quantitative estimate of drug-likeness (QED) is 0.784. The summed E-state index contributed by atoms with van der Waals surface area (Å²) < 4.78 is 4.72. The Labute approximate surface area is 132 Å². The highest BCUT2D eigenvalue weighted by Gasteiger charge is 2.31. The molecule has 4 heteroatoms. The summed E-state index contributed by atoms with van der Waals surface area (Å²) in [6.45, 7) is 2.63. The second kappa shape index (κ2) is 7.97. The lowest BCUT2D eigenvalue weighted by Gasteiger charge is -2.38. The molecule has 1 amide bonds. The van der Waals surface area contributed by atoms with Crippen molar-refractivity contribution in [3.63, 3.8) is 0 Å². The van der Waals surface area contributed by atoms with Crippen LogP contribution in [0.25, 0.3) is 0 Å². The molecule has 2 rings (SSSR count). The number of ether oxygens (including phenoxy) is 1. The molecule has 0 aromatic heterocycles. The fourth-order valence-electron chi connectivity index (χ4n) is 3.24. The maximum Gasteiger partial charge on any atom is 0.307 e. The lowest BCUT2D eigenvalue weighted by atomic mass is 9.84. The average molecular weight is 303 g/mol. The standard InChI is InChI=1S/C18H25NO3/c1-14-8-6-7-11-16(14)19(13-12-17(20)22-2)18(21)15-9-4-3-5-10-15/h3-5,9-10,14,16H,6-8,11-13H2,1-2H3. The number of hydrogen-bond acceptors (Lipinski definition) is 3. The highest BCUT2D eigenvalue weighted by Crippen LogP contribution is 2.29. The maximum atomic E-state index is 12.9. The predicted octanol–water partition coefficient (Wildman–Crippen LogP) is 3.27. The largest absolute Gasteiger partial charge is 0.469 e. The van der Waals surface area contributed by atoms with Crippen molar-refractivity contribution in [3.05, 3.63) is 35.9 Å². The van der Waals surface area contributed by atoms with E-state index in [1.165, 1.54) is 13.5 Å². The summed E-state index contributed by atoms with van der Waals surface area (Å²) >= 11 is 0. The molecule has 2 atom stereocenters. The van der Waals surface area contributed by atoms with Gasteiger partial charge >= 0.3 is 5.97 Å². The molecule has 1 aromatic carbocycles. The normalized spacial score (nSPS) is 21.2. The van der Waals surface area contributed by atoms with Crippen LogP contribution >= 0.6 is 0 Å². The number of methoxy groups -OCH3 is 1. The molecule has 0 N–H and O–H groups in total. The average Bonchev–Trinajstić information content (AvgIpc) is 2.56. The van der Waals surface area contributed by atoms with E-state index in [1.54, 1.807) is 0 Å². The van der Waals surface area contributed by atoms with Crippen molar-refractivity contribution in [2.75, 3.05) is 13.7 Å². The number of hydrogen-bond donors (Lipinski definition) is 0. The van der Waals surface area contributed by atoms with Crippen molar-refractivity contribution in [2.45, 2.75) is 45.1 Å². The van der Waals surface area contributed by atoms with Gasteiger partial charge in [-0.15, -0.1) is 0 Å². The molecular formula is C18H25NO3. The van der Waals surface area contributed by atoms with E-state index in [0.29, 0.717) is 18.0 Å². The summed E-state index contributed by atoms with van der Waals surface area (Å²) in [6.07, 6.45) is 4.77. The lowest BCUT2D eigenvalue weighted by molar-refractivity contribution is -0.141. The van der Waals surface area contributed by atoms with Crippen LogP contribution in [0.4, 0.5) is 0 Å². The first kappa shape index (κ1) is 16.5. The number of esters is 1. The van der Waals surface area contributed by atoms with Crippen molar-refractivity contribution in [1.29, 1.82) is 0 Å². The molecule has 0 bridgehead atoms. The minimum atomic E-state index is -0.269. The van der Waals surface area contributed by atoms with Gasteiger partial charge in [-0.25, -0.2) is 0 Å². The molecule has 0 spiro atoms. The van der Waals surface area contributed by atoms with E-state index in [0.717, 1.165) is 19.3 Å². The van der Waals surface area contributed by atoms with Gasteiger partial charge in [-0.1, -0.05) is 38.0 Å². The first-order valence-electron chi connectivity index (χ1n) is 8.06. The molecule has 0 aliphatic heterocycles. The van der Waals surface area contributed by atoms with Gasteiger partial charge in [0, 0.05) is 18.2 Å². The van der Waals surface area contributed by atoms with Gasteiger partial charge in [-0.2, -0.15) is 0 Å². The minimum absolute atomic E-state index is 0.0169. The topological polar surface area (TPSA) is 46.6 Å². The number of carbonyl (C=O) groups is 2. The molecule has 1 saturated carbocycles. The number of rotatable bonds is 5. The van der Waals surface area contributed by atoms with E-state index in [1.807, 2.05) is 35.2 Å². The van der Waals surface area contributed by atoms with Gasteiger partial charge in [0.2, 0.25) is 0 Å². The number of nitrogens with zero attached hydrogens (tertiary/aromatic N) is 1. The number of carbonyl (C=O) groups excluding carboxylic acids is 2. The first-order chi connectivity index (χ1) is 10.6. The zero-order valence-electron chi connectivity index (χ0n) is 13.5. The second-order valence-electron chi connectivity index (χ2n) is 6.02. The Kier molecular flexibility index (Phi) is 5.99. The minimum Gasteiger partial charge on any atom is -0.469 e. The van der Waals surface area contributed by atoms with Crippen molar-refractivity contribution < 1.29 is 14.3 Å². The van der Waals surface area contributed by atoms with Gasteiger partial charge < -0.3 is 9.64 Å². The van der Waals surface area contributed by atoms with E-state index in [4.69, 9.17) is 4.74 Å². The Bertz CT molecular complexity index is 500. The first-order valence-corrected chi connectivity index (χ1v) is 8.06. The molecule has 0 heterocycles. The van der Waals surface area contributed by atoms with Crippen molar-refractivity contribution in [3.8, 4) is 0 Å². The SMILES string of the molecule is COC(=O)CCN(C(=O)c1ccccc1)C1CCCCC1C. The van der Waals surface area contributed by atoms with Crippen molar-refractivity contribution in [1.82, 2.24) is 4.90 Å². The van der Waals surface area contributed by atoms with E-state index >= 15 is 0 Å². The maximum absolute atomic E-state index is 12.9. The zero-order chi connectivity index (χ0) is 15.9. The van der Waals surface area contributed by atoms with Gasteiger partial charge in [0.05, 0.1) is 13.5 Å². The van der Waals surface area contributed by atoms with Gasteiger partial charge in [0.1, 0.15) is 0 Å². The lowest BCUT2D eigenvalue weighted by Crippen LogP contribution is -2.46. The fourth-order valence-corrected chi connectivity index (χ4v) is 3.24. The van der Waals surface area contributed by atoms with Crippen molar-refractivity contribution in [2.24, 2.45) is 5.92 Å². The Morgan fingerprint density at radius 3 is 2.50 bits per heavy atom. The van der Waals surface area contributed by atoms with Gasteiger partial charge in [-0.05, 0) is 30.9 Å². The molecule has 1 fully saturated rings. The number of benzene rings is 1. The molecule has 22 heavy (non-hydrogen) atoms. The zero-order valence-corrected chi connectivity index (χ0v) is 13.5. The molecule has 0 radical (unpaired) electrons. The summed E-state index contributed by atoms with van der Waals surface area (Å²) in [4.78, 5) is 26.2. The Balaban J connectivity index is 2.16. The van der Waals surface area contributed by atoms with Crippen LogP contribution in [0, 0.1) is 5.92 Å². The predicted molar refractivity (Wildman–Crippen MR) is 85.5 cm³/mol. The van der Waals surface area contributed by atoms with Crippen LogP contribution in [0.2, 0.25) is 0 Å². The van der Waals surface area contributed by atoms with Gasteiger partial charge in [0.25, 0.3) is 5.91 Å². The van der Waals surface area contributed by atoms with Gasteiger partial charge in [-0.3, -0.25) is 9.59 Å². The highest BCUT2D eigenvalue weighted by molar-refractivity contribution is 5.94. The third-order valence-corrected chi connectivity index (χ3v) is 4.53. The van der Waals surface area contributed by atoms with E-state index in [9.17, 15) is 9.59 Å². The molecule has 1 aliphatic rings. The molecule has 1 aliphatic carbocycles. The van der Waals surface area contributed by atoms with E-state index < -0.39 is 0 Å². The van der Waals surface area contributed by atoms with Crippen LogP contribution < -0.4 is 0 Å². The Hall–Kier alpha value is -1.84. The second-order valence-corrected chi connectivity index (χ2v) is 6.02. The Morgan fingerprint density at radius 2 is 1.86 bits per heavy atom. The third-order valence-electron chi connectivity index (χ3n) is 4.53. The third kappa shape index (κ3) is 4.09. The molecule has 4 nitrogen and oxygen atoms in total.